The van der Waals surface area contributed by atoms with E-state index < -0.39 is 0 Å². The third kappa shape index (κ3) is 4.89. The van der Waals surface area contributed by atoms with Gasteiger partial charge in [-0.2, -0.15) is 5.10 Å². The first-order valence-corrected chi connectivity index (χ1v) is 10.9. The molecule has 0 saturated carbocycles. The fraction of sp³-hybridized carbons (Fsp3) is 0.130. The third-order valence-corrected chi connectivity index (χ3v) is 5.63. The van der Waals surface area contributed by atoms with Crippen molar-refractivity contribution in [3.05, 3.63) is 78.6 Å². The second-order valence-corrected chi connectivity index (χ2v) is 7.77. The quantitative estimate of drug-likeness (QED) is 0.254. The minimum atomic E-state index is -0.228. The Morgan fingerprint density at radius 3 is 2.56 bits per heavy atom. The molecule has 2 heterocycles. The Hall–Kier alpha value is -3.85. The highest BCUT2D eigenvalue weighted by atomic mass is 32.2. The number of hydrogen-bond acceptors (Lipinski definition) is 6. The van der Waals surface area contributed by atoms with Crippen molar-refractivity contribution >= 4 is 23.9 Å². The van der Waals surface area contributed by atoms with Gasteiger partial charge in [0.25, 0.3) is 5.91 Å². The van der Waals surface area contributed by atoms with Crippen LogP contribution in [0.4, 0.5) is 0 Å². The number of carbonyl (C=O) groups is 1. The fourth-order valence-corrected chi connectivity index (χ4v) is 3.79. The zero-order valence-electron chi connectivity index (χ0n) is 17.7. The Labute approximate surface area is 189 Å². The molecule has 4 rings (SSSR count). The average Bonchev–Trinajstić information content (AvgIpc) is 3.44. The number of benzene rings is 2. The van der Waals surface area contributed by atoms with Crippen molar-refractivity contribution < 1.29 is 9.53 Å². The van der Waals surface area contributed by atoms with E-state index >= 15 is 0 Å². The fourth-order valence-electron chi connectivity index (χ4n) is 3.04. The van der Waals surface area contributed by atoms with Crippen LogP contribution in [0.1, 0.15) is 5.69 Å². The molecule has 1 amide bonds. The van der Waals surface area contributed by atoms with Crippen LogP contribution in [0.2, 0.25) is 0 Å². The number of carbonyl (C=O) groups excluding carboxylic acids is 1. The molecule has 0 aliphatic carbocycles. The zero-order chi connectivity index (χ0) is 22.3. The summed E-state index contributed by atoms with van der Waals surface area (Å²) in [6.45, 7) is 0. The van der Waals surface area contributed by atoms with Gasteiger partial charge in [0, 0.05) is 24.5 Å². The molecule has 0 bridgehead atoms. The highest BCUT2D eigenvalue weighted by Crippen LogP contribution is 2.28. The summed E-state index contributed by atoms with van der Waals surface area (Å²) in [5, 5.41) is 13.4. The molecule has 0 spiro atoms. The maximum Gasteiger partial charge on any atom is 0.250 e. The van der Waals surface area contributed by atoms with Crippen LogP contribution in [0.5, 0.6) is 5.75 Å². The molecular formula is C23H22N6O2S. The monoisotopic (exact) mass is 446 g/mol. The molecule has 32 heavy (non-hydrogen) atoms. The molecule has 2 aromatic carbocycles. The van der Waals surface area contributed by atoms with Crippen molar-refractivity contribution in [1.29, 1.82) is 0 Å². The van der Waals surface area contributed by atoms with E-state index in [-0.39, 0.29) is 11.7 Å². The van der Waals surface area contributed by atoms with E-state index in [1.165, 1.54) is 11.8 Å². The molecule has 0 saturated heterocycles. The van der Waals surface area contributed by atoms with Crippen LogP contribution >= 0.6 is 11.8 Å². The van der Waals surface area contributed by atoms with Gasteiger partial charge in [0.05, 0.1) is 24.8 Å². The summed E-state index contributed by atoms with van der Waals surface area (Å²) in [6, 6.07) is 21.3. The second-order valence-electron chi connectivity index (χ2n) is 6.83. The molecule has 2 aromatic heterocycles. The van der Waals surface area contributed by atoms with Gasteiger partial charge in [-0.05, 0) is 48.5 Å². The number of ether oxygens (including phenoxy) is 1. The van der Waals surface area contributed by atoms with Gasteiger partial charge < -0.3 is 9.30 Å². The molecule has 0 aliphatic rings. The van der Waals surface area contributed by atoms with Crippen LogP contribution < -0.4 is 10.2 Å². The summed E-state index contributed by atoms with van der Waals surface area (Å²) in [4.78, 5) is 12.3. The van der Waals surface area contributed by atoms with Crippen molar-refractivity contribution in [2.45, 2.75) is 5.16 Å². The van der Waals surface area contributed by atoms with Gasteiger partial charge in [-0.15, -0.1) is 10.2 Å². The smallest absolute Gasteiger partial charge is 0.250 e. The summed E-state index contributed by atoms with van der Waals surface area (Å²) in [5.74, 6) is 1.37. The van der Waals surface area contributed by atoms with E-state index in [1.54, 1.807) is 13.3 Å². The number of aromatic nitrogens is 4. The molecule has 9 heteroatoms. The predicted octanol–water partition coefficient (Wildman–Crippen LogP) is 3.52. The summed E-state index contributed by atoms with van der Waals surface area (Å²) in [5.41, 5.74) is 5.25. The lowest BCUT2D eigenvalue weighted by Crippen LogP contribution is -2.20. The largest absolute Gasteiger partial charge is 0.497 e. The molecule has 0 atom stereocenters. The lowest BCUT2D eigenvalue weighted by molar-refractivity contribution is -0.118. The lowest BCUT2D eigenvalue weighted by Gasteiger charge is -2.10. The number of amides is 1. The molecule has 0 fully saturated rings. The molecule has 8 nitrogen and oxygen atoms in total. The van der Waals surface area contributed by atoms with Crippen molar-refractivity contribution in [2.75, 3.05) is 12.9 Å². The number of para-hydroxylation sites is 1. The standard InChI is InChI=1S/C23H22N6O2S/c1-28-14-6-9-19(28)15-24-25-21(30)16-32-23-27-26-22(17-10-12-20(31-2)13-11-17)29(23)18-7-4-3-5-8-18/h3-15H,16H2,1-2H3,(H,25,30). The van der Waals surface area contributed by atoms with E-state index in [0.29, 0.717) is 11.0 Å². The van der Waals surface area contributed by atoms with Crippen molar-refractivity contribution in [2.24, 2.45) is 12.1 Å². The number of nitrogens with zero attached hydrogens (tertiary/aromatic N) is 5. The Morgan fingerprint density at radius 1 is 1.09 bits per heavy atom. The summed E-state index contributed by atoms with van der Waals surface area (Å²) >= 11 is 1.30. The Kier molecular flexibility index (Phi) is 6.66. The molecule has 0 aliphatic heterocycles. The SMILES string of the molecule is COc1ccc(-c2nnc(SCC(=O)NN=Cc3cccn3C)n2-c2ccccc2)cc1. The van der Waals surface area contributed by atoms with Gasteiger partial charge in [0.15, 0.2) is 11.0 Å². The maximum absolute atomic E-state index is 12.3. The number of hydrazone groups is 1. The molecule has 0 radical (unpaired) electrons. The summed E-state index contributed by atoms with van der Waals surface area (Å²) in [7, 11) is 3.54. The first-order valence-electron chi connectivity index (χ1n) is 9.87. The van der Waals surface area contributed by atoms with Crippen LogP contribution in [0.3, 0.4) is 0 Å². The highest BCUT2D eigenvalue weighted by molar-refractivity contribution is 7.99. The minimum Gasteiger partial charge on any atom is -0.497 e. The van der Waals surface area contributed by atoms with E-state index in [2.05, 4.69) is 20.7 Å². The minimum absolute atomic E-state index is 0.151. The topological polar surface area (TPSA) is 86.3 Å². The molecule has 162 valence electrons. The Morgan fingerprint density at radius 2 is 1.88 bits per heavy atom. The van der Waals surface area contributed by atoms with Gasteiger partial charge >= 0.3 is 0 Å². The second kappa shape index (κ2) is 9.97. The van der Waals surface area contributed by atoms with Gasteiger partial charge in [0.1, 0.15) is 5.75 Å². The molecule has 0 unspecified atom stereocenters. The molecule has 1 N–H and O–H groups in total. The van der Waals surface area contributed by atoms with E-state index in [0.717, 1.165) is 22.7 Å². The van der Waals surface area contributed by atoms with Crippen LogP contribution in [0.25, 0.3) is 17.1 Å². The average molecular weight is 447 g/mol. The lowest BCUT2D eigenvalue weighted by atomic mass is 10.2. The van der Waals surface area contributed by atoms with Crippen LogP contribution in [0.15, 0.2) is 83.2 Å². The van der Waals surface area contributed by atoms with Crippen molar-refractivity contribution in [3.63, 3.8) is 0 Å². The van der Waals surface area contributed by atoms with Gasteiger partial charge in [-0.25, -0.2) is 5.43 Å². The number of rotatable bonds is 8. The Bertz CT molecular complexity index is 1220. The van der Waals surface area contributed by atoms with E-state index in [4.69, 9.17) is 4.74 Å². The van der Waals surface area contributed by atoms with Crippen LogP contribution in [-0.4, -0.2) is 44.3 Å². The van der Waals surface area contributed by atoms with Crippen LogP contribution in [0, 0.1) is 0 Å². The van der Waals surface area contributed by atoms with Crippen molar-refractivity contribution in [1.82, 2.24) is 24.8 Å². The first kappa shape index (κ1) is 21.4. The number of aryl methyl sites for hydroxylation is 1. The van der Waals surface area contributed by atoms with Gasteiger partial charge in [0.2, 0.25) is 0 Å². The highest BCUT2D eigenvalue weighted by Gasteiger charge is 2.17. The molecule has 4 aromatic rings. The Balaban J connectivity index is 1.52. The van der Waals surface area contributed by atoms with Gasteiger partial charge in [-0.3, -0.25) is 9.36 Å². The van der Waals surface area contributed by atoms with Crippen LogP contribution in [-0.2, 0) is 11.8 Å². The van der Waals surface area contributed by atoms with E-state index in [9.17, 15) is 4.79 Å². The van der Waals surface area contributed by atoms with Crippen molar-refractivity contribution in [3.8, 4) is 22.8 Å². The summed E-state index contributed by atoms with van der Waals surface area (Å²) in [6.07, 6.45) is 3.52. The summed E-state index contributed by atoms with van der Waals surface area (Å²) < 4.78 is 9.10. The number of methoxy groups -OCH3 is 1. The normalized spacial score (nSPS) is 11.1. The first-order chi connectivity index (χ1) is 15.7. The predicted molar refractivity (Wildman–Crippen MR) is 125 cm³/mol. The number of thioether (sulfide) groups is 1. The number of hydrogen-bond donors (Lipinski definition) is 1. The van der Waals surface area contributed by atoms with Gasteiger partial charge in [-0.1, -0.05) is 30.0 Å². The third-order valence-electron chi connectivity index (χ3n) is 4.70. The zero-order valence-corrected chi connectivity index (χ0v) is 18.5. The molecular weight excluding hydrogens is 424 g/mol. The number of nitrogens with one attached hydrogen (secondary N) is 1. The van der Waals surface area contributed by atoms with E-state index in [1.807, 2.05) is 89.1 Å². The maximum atomic E-state index is 12.3.